The van der Waals surface area contributed by atoms with E-state index in [1.165, 1.54) is 0 Å². The van der Waals surface area contributed by atoms with Gasteiger partial charge in [0.1, 0.15) is 18.1 Å². The zero-order valence-corrected chi connectivity index (χ0v) is 16.3. The first-order valence-corrected chi connectivity index (χ1v) is 9.00. The smallest absolute Gasteiger partial charge is 0.326 e. The maximum Gasteiger partial charge on any atom is 0.326 e. The van der Waals surface area contributed by atoms with Crippen LogP contribution in [-0.4, -0.2) is 65.2 Å². The molecule has 3 amide bonds. The largest absolute Gasteiger partial charge is 0.480 e. The van der Waals surface area contributed by atoms with Crippen molar-refractivity contribution >= 4 is 23.7 Å². The number of carbonyl (C=O) groups is 4. The number of rotatable bonds is 12. The number of nitrogens with one attached hydrogen (secondary N) is 3. The first kappa shape index (κ1) is 24.8. The number of aliphatic carboxylic acids is 1. The van der Waals surface area contributed by atoms with Gasteiger partial charge >= 0.3 is 5.97 Å². The van der Waals surface area contributed by atoms with E-state index in [0.29, 0.717) is 12.8 Å². The molecular formula is C17H32N4O6. The Bertz CT molecular complexity index is 526. The molecule has 7 N–H and O–H groups in total. The van der Waals surface area contributed by atoms with Crippen LogP contribution in [0.5, 0.6) is 0 Å². The van der Waals surface area contributed by atoms with Crippen molar-refractivity contribution in [1.29, 1.82) is 0 Å². The summed E-state index contributed by atoms with van der Waals surface area (Å²) in [5, 5.41) is 25.3. The topological polar surface area (TPSA) is 171 Å². The Balaban J connectivity index is 4.80. The molecule has 27 heavy (non-hydrogen) atoms. The van der Waals surface area contributed by atoms with Crippen molar-refractivity contribution in [3.63, 3.8) is 0 Å². The van der Waals surface area contributed by atoms with E-state index >= 15 is 0 Å². The van der Waals surface area contributed by atoms with Crippen LogP contribution >= 0.6 is 0 Å². The van der Waals surface area contributed by atoms with Crippen molar-refractivity contribution in [2.75, 3.05) is 13.2 Å². The second kappa shape index (κ2) is 12.2. The molecule has 156 valence electrons. The zero-order valence-electron chi connectivity index (χ0n) is 16.3. The highest BCUT2D eigenvalue weighted by Crippen LogP contribution is 2.08. The minimum absolute atomic E-state index is 0.0713. The number of aliphatic hydroxyl groups excluding tert-OH is 1. The highest BCUT2D eigenvalue weighted by atomic mass is 16.4. The molecule has 0 fully saturated rings. The van der Waals surface area contributed by atoms with Gasteiger partial charge in [-0.05, 0) is 18.3 Å². The molecule has 0 radical (unpaired) electrons. The van der Waals surface area contributed by atoms with Crippen molar-refractivity contribution < 1.29 is 29.4 Å². The summed E-state index contributed by atoms with van der Waals surface area (Å²) >= 11 is 0. The minimum atomic E-state index is -1.15. The third-order valence-corrected chi connectivity index (χ3v) is 4.09. The van der Waals surface area contributed by atoms with Gasteiger partial charge in [0.25, 0.3) is 0 Å². The van der Waals surface area contributed by atoms with Gasteiger partial charge in [0.15, 0.2) is 0 Å². The van der Waals surface area contributed by atoms with Crippen LogP contribution in [0.15, 0.2) is 0 Å². The summed E-state index contributed by atoms with van der Waals surface area (Å²) in [5.41, 5.74) is 5.43. The second-order valence-electron chi connectivity index (χ2n) is 6.97. The lowest BCUT2D eigenvalue weighted by molar-refractivity contribution is -0.143. The minimum Gasteiger partial charge on any atom is -0.480 e. The number of carboxylic acids is 1. The number of hydrogen-bond donors (Lipinski definition) is 6. The fraction of sp³-hybridized carbons (Fsp3) is 0.765. The van der Waals surface area contributed by atoms with Crippen molar-refractivity contribution in [3.8, 4) is 0 Å². The van der Waals surface area contributed by atoms with E-state index in [9.17, 15) is 24.3 Å². The van der Waals surface area contributed by atoms with Gasteiger partial charge in [0.05, 0.1) is 13.2 Å². The summed E-state index contributed by atoms with van der Waals surface area (Å²) in [6.07, 6.45) is 0.874. The summed E-state index contributed by atoms with van der Waals surface area (Å²) < 4.78 is 0. The first-order valence-electron chi connectivity index (χ1n) is 9.00. The summed E-state index contributed by atoms with van der Waals surface area (Å²) in [6, 6.07) is -3.12. The van der Waals surface area contributed by atoms with Crippen LogP contribution in [0, 0.1) is 11.8 Å². The van der Waals surface area contributed by atoms with Crippen LogP contribution in [0.1, 0.15) is 40.5 Å². The van der Waals surface area contributed by atoms with Crippen LogP contribution in [0.2, 0.25) is 0 Å². The van der Waals surface area contributed by atoms with Crippen LogP contribution in [0.4, 0.5) is 0 Å². The number of carbonyl (C=O) groups excluding carboxylic acids is 3. The Morgan fingerprint density at radius 3 is 2.07 bits per heavy atom. The highest BCUT2D eigenvalue weighted by Gasteiger charge is 2.27. The average Bonchev–Trinajstić information content (AvgIpc) is 2.61. The number of nitrogens with two attached hydrogens (primary N) is 1. The van der Waals surface area contributed by atoms with Crippen LogP contribution in [0.25, 0.3) is 0 Å². The van der Waals surface area contributed by atoms with E-state index in [2.05, 4.69) is 16.0 Å². The molecule has 4 atom stereocenters. The van der Waals surface area contributed by atoms with Gasteiger partial charge < -0.3 is 31.9 Å². The molecule has 0 rings (SSSR count). The van der Waals surface area contributed by atoms with Crippen LogP contribution in [0.3, 0.4) is 0 Å². The summed E-state index contributed by atoms with van der Waals surface area (Å²) in [7, 11) is 0. The maximum atomic E-state index is 12.3. The molecule has 0 aliphatic heterocycles. The van der Waals surface area contributed by atoms with Gasteiger partial charge in [-0.25, -0.2) is 4.79 Å². The number of carboxylic acid groups (broad SMARTS) is 1. The molecule has 0 aliphatic rings. The molecule has 10 heteroatoms. The first-order chi connectivity index (χ1) is 12.5. The van der Waals surface area contributed by atoms with Crippen molar-refractivity contribution in [2.24, 2.45) is 17.6 Å². The van der Waals surface area contributed by atoms with Crippen molar-refractivity contribution in [1.82, 2.24) is 16.0 Å². The van der Waals surface area contributed by atoms with E-state index in [1.54, 1.807) is 6.92 Å². The fourth-order valence-electron chi connectivity index (χ4n) is 2.26. The van der Waals surface area contributed by atoms with Gasteiger partial charge in [-0.1, -0.05) is 34.1 Å². The van der Waals surface area contributed by atoms with E-state index < -0.39 is 55.0 Å². The Hall–Kier alpha value is -2.20. The van der Waals surface area contributed by atoms with Gasteiger partial charge in [0, 0.05) is 0 Å². The maximum absolute atomic E-state index is 12.3. The molecule has 0 aromatic rings. The van der Waals surface area contributed by atoms with Gasteiger partial charge in [-0.15, -0.1) is 0 Å². The predicted octanol–water partition coefficient (Wildman–Crippen LogP) is -1.43. The third kappa shape index (κ3) is 9.34. The van der Waals surface area contributed by atoms with E-state index in [0.717, 1.165) is 0 Å². The number of aliphatic hydroxyl groups is 1. The summed E-state index contributed by atoms with van der Waals surface area (Å²) in [5.74, 6) is -3.25. The van der Waals surface area contributed by atoms with Gasteiger partial charge in [0.2, 0.25) is 17.7 Å². The lowest BCUT2D eigenvalue weighted by atomic mass is 9.99. The van der Waals surface area contributed by atoms with E-state index in [1.807, 2.05) is 20.8 Å². The fourth-order valence-corrected chi connectivity index (χ4v) is 2.26. The van der Waals surface area contributed by atoms with Crippen molar-refractivity contribution in [2.45, 2.75) is 58.7 Å². The average molecular weight is 388 g/mol. The normalized spacial score (nSPS) is 15.4. The second-order valence-corrected chi connectivity index (χ2v) is 6.97. The third-order valence-electron chi connectivity index (χ3n) is 4.09. The molecule has 0 saturated carbocycles. The van der Waals surface area contributed by atoms with E-state index in [4.69, 9.17) is 10.8 Å². The lowest BCUT2D eigenvalue weighted by Crippen LogP contribution is -2.54. The number of amides is 3. The SMILES string of the molecule is CCC(C)C(NC(=O)CNC(=O)C(CC(C)C)NC(=O)C(N)CO)C(=O)O. The molecule has 0 spiro atoms. The summed E-state index contributed by atoms with van der Waals surface area (Å²) in [4.78, 5) is 47.3. The van der Waals surface area contributed by atoms with E-state index in [-0.39, 0.29) is 11.8 Å². The standard InChI is InChI=1S/C17H32N4O6/c1-5-10(4)14(17(26)27)21-13(23)7-19-16(25)12(6-9(2)3)20-15(24)11(18)8-22/h9-12,14,22H,5-8,18H2,1-4H3,(H,19,25)(H,20,24)(H,21,23)(H,26,27). The van der Waals surface area contributed by atoms with Crippen LogP contribution in [-0.2, 0) is 19.2 Å². The Morgan fingerprint density at radius 1 is 1.04 bits per heavy atom. The van der Waals surface area contributed by atoms with Crippen molar-refractivity contribution in [3.05, 3.63) is 0 Å². The molecule has 0 bridgehead atoms. The molecule has 10 nitrogen and oxygen atoms in total. The van der Waals surface area contributed by atoms with Gasteiger partial charge in [-0.2, -0.15) is 0 Å². The van der Waals surface area contributed by atoms with Crippen LogP contribution < -0.4 is 21.7 Å². The molecule has 4 unspecified atom stereocenters. The Labute approximate surface area is 159 Å². The summed E-state index contributed by atoms with van der Waals surface area (Å²) in [6.45, 7) is 6.25. The number of hydrogen-bond acceptors (Lipinski definition) is 6. The van der Waals surface area contributed by atoms with Gasteiger partial charge in [-0.3, -0.25) is 14.4 Å². The monoisotopic (exact) mass is 388 g/mol. The highest BCUT2D eigenvalue weighted by molar-refractivity contribution is 5.92. The molecule has 0 saturated heterocycles. The Kier molecular flexibility index (Phi) is 11.2. The molecule has 0 aromatic heterocycles. The molecular weight excluding hydrogens is 356 g/mol. The molecule has 0 heterocycles. The quantitative estimate of drug-likeness (QED) is 0.238. The zero-order chi connectivity index (χ0) is 21.1. The Morgan fingerprint density at radius 2 is 1.63 bits per heavy atom. The molecule has 0 aromatic carbocycles. The molecule has 0 aliphatic carbocycles. The predicted molar refractivity (Wildman–Crippen MR) is 98.5 cm³/mol. The lowest BCUT2D eigenvalue weighted by Gasteiger charge is -2.22.